The summed E-state index contributed by atoms with van der Waals surface area (Å²) in [6, 6.07) is 16.3. The van der Waals surface area contributed by atoms with Crippen LogP contribution in [0.5, 0.6) is 11.5 Å². The molecule has 0 fully saturated rings. The van der Waals surface area contributed by atoms with Crippen molar-refractivity contribution in [3.63, 3.8) is 0 Å². The summed E-state index contributed by atoms with van der Waals surface area (Å²) in [6.45, 7) is 6.08. The molecule has 0 amide bonds. The van der Waals surface area contributed by atoms with Crippen molar-refractivity contribution in [1.29, 1.82) is 0 Å². The summed E-state index contributed by atoms with van der Waals surface area (Å²) in [5, 5.41) is 0. The van der Waals surface area contributed by atoms with E-state index in [-0.39, 0.29) is 0 Å². The van der Waals surface area contributed by atoms with Gasteiger partial charge in [-0.05, 0) is 37.1 Å². The van der Waals surface area contributed by atoms with Gasteiger partial charge in [-0.15, -0.1) is 0 Å². The molecular formula is C37H59NO2. The standard InChI is InChI=1S/C37H59NO2/c1-3-5-7-9-11-13-15-17-19-24-28-39-36-30-34(33-38-35-26-22-21-23-27-35)31-37(32-36)40-29-25-20-18-16-14-12-10-8-6-4-2/h21-23,26-27,30-33H,3-20,24-25,28-29H2,1-2H3. The van der Waals surface area contributed by atoms with Crippen LogP contribution in [-0.4, -0.2) is 19.4 Å². The topological polar surface area (TPSA) is 30.8 Å². The number of unbranched alkanes of at least 4 members (excludes halogenated alkanes) is 18. The van der Waals surface area contributed by atoms with Crippen molar-refractivity contribution in [1.82, 2.24) is 0 Å². The molecule has 40 heavy (non-hydrogen) atoms. The maximum Gasteiger partial charge on any atom is 0.123 e. The van der Waals surface area contributed by atoms with Crippen LogP contribution in [0.15, 0.2) is 53.5 Å². The zero-order chi connectivity index (χ0) is 28.4. The Bertz CT molecular complexity index is 819. The van der Waals surface area contributed by atoms with Gasteiger partial charge in [0, 0.05) is 17.8 Å². The Morgan fingerprint density at radius 1 is 0.500 bits per heavy atom. The Hall–Kier alpha value is -2.29. The maximum absolute atomic E-state index is 6.18. The fourth-order valence-electron chi connectivity index (χ4n) is 5.06. The van der Waals surface area contributed by atoms with Crippen LogP contribution in [0.4, 0.5) is 5.69 Å². The largest absolute Gasteiger partial charge is 0.493 e. The lowest BCUT2D eigenvalue weighted by molar-refractivity contribution is 0.289. The molecule has 0 saturated heterocycles. The maximum atomic E-state index is 6.18. The highest BCUT2D eigenvalue weighted by Gasteiger charge is 2.04. The predicted octanol–water partition coefficient (Wildman–Crippen LogP) is 12.0. The van der Waals surface area contributed by atoms with Crippen molar-refractivity contribution in [2.75, 3.05) is 13.2 Å². The van der Waals surface area contributed by atoms with E-state index in [4.69, 9.17) is 9.47 Å². The van der Waals surface area contributed by atoms with E-state index in [1.54, 1.807) is 0 Å². The zero-order valence-corrected chi connectivity index (χ0v) is 26.0. The molecule has 224 valence electrons. The molecular weight excluding hydrogens is 490 g/mol. The summed E-state index contributed by atoms with van der Waals surface area (Å²) >= 11 is 0. The second-order valence-electron chi connectivity index (χ2n) is 11.4. The molecule has 0 saturated carbocycles. The van der Waals surface area contributed by atoms with Gasteiger partial charge in [-0.1, -0.05) is 148 Å². The highest BCUT2D eigenvalue weighted by atomic mass is 16.5. The molecule has 0 radical (unpaired) electrons. The van der Waals surface area contributed by atoms with Crippen molar-refractivity contribution in [3.8, 4) is 11.5 Å². The molecule has 0 heterocycles. The molecule has 0 aliphatic carbocycles. The van der Waals surface area contributed by atoms with E-state index < -0.39 is 0 Å². The Balaban J connectivity index is 1.72. The Kier molecular flexibility index (Phi) is 20.8. The van der Waals surface area contributed by atoms with Gasteiger partial charge in [0.2, 0.25) is 0 Å². The monoisotopic (exact) mass is 549 g/mol. The quantitative estimate of drug-likeness (QED) is 0.0863. The Morgan fingerprint density at radius 2 is 0.900 bits per heavy atom. The molecule has 0 aliphatic rings. The highest BCUT2D eigenvalue weighted by Crippen LogP contribution is 2.24. The van der Waals surface area contributed by atoms with E-state index in [1.807, 2.05) is 42.6 Å². The van der Waals surface area contributed by atoms with Gasteiger partial charge in [-0.3, -0.25) is 4.99 Å². The van der Waals surface area contributed by atoms with Gasteiger partial charge in [-0.2, -0.15) is 0 Å². The van der Waals surface area contributed by atoms with E-state index in [2.05, 4.69) is 31.0 Å². The average molecular weight is 550 g/mol. The van der Waals surface area contributed by atoms with Gasteiger partial charge >= 0.3 is 0 Å². The van der Waals surface area contributed by atoms with Gasteiger partial charge < -0.3 is 9.47 Å². The van der Waals surface area contributed by atoms with E-state index in [9.17, 15) is 0 Å². The van der Waals surface area contributed by atoms with Crippen LogP contribution in [0.25, 0.3) is 0 Å². The molecule has 2 rings (SSSR count). The minimum atomic E-state index is 0.758. The first kappa shape index (κ1) is 33.9. The predicted molar refractivity (Wildman–Crippen MR) is 175 cm³/mol. The summed E-state index contributed by atoms with van der Waals surface area (Å²) in [6.07, 6.45) is 28.6. The van der Waals surface area contributed by atoms with Crippen molar-refractivity contribution < 1.29 is 9.47 Å². The van der Waals surface area contributed by atoms with Gasteiger partial charge in [0.15, 0.2) is 0 Å². The molecule has 0 spiro atoms. The van der Waals surface area contributed by atoms with Gasteiger partial charge in [0.05, 0.1) is 18.9 Å². The average Bonchev–Trinajstić information content (AvgIpc) is 2.98. The van der Waals surface area contributed by atoms with E-state index in [0.29, 0.717) is 0 Å². The van der Waals surface area contributed by atoms with Crippen LogP contribution in [0.2, 0.25) is 0 Å². The molecule has 0 aliphatic heterocycles. The van der Waals surface area contributed by atoms with Gasteiger partial charge in [-0.25, -0.2) is 0 Å². The molecule has 0 N–H and O–H groups in total. The molecule has 3 nitrogen and oxygen atoms in total. The van der Waals surface area contributed by atoms with Crippen molar-refractivity contribution in [2.24, 2.45) is 4.99 Å². The molecule has 0 aromatic heterocycles. The number of aliphatic imine (C=N–C) groups is 1. The number of para-hydroxylation sites is 1. The number of hydrogen-bond acceptors (Lipinski definition) is 3. The molecule has 3 heteroatoms. The Labute approximate surface area is 247 Å². The van der Waals surface area contributed by atoms with Crippen LogP contribution in [-0.2, 0) is 0 Å². The summed E-state index contributed by atoms with van der Waals surface area (Å²) in [4.78, 5) is 4.65. The molecule has 2 aromatic carbocycles. The fraction of sp³-hybridized carbons (Fsp3) is 0.649. The smallest absolute Gasteiger partial charge is 0.123 e. The molecule has 0 atom stereocenters. The van der Waals surface area contributed by atoms with Crippen LogP contribution in [0.3, 0.4) is 0 Å². The minimum absolute atomic E-state index is 0.758. The lowest BCUT2D eigenvalue weighted by Gasteiger charge is -2.11. The van der Waals surface area contributed by atoms with E-state index >= 15 is 0 Å². The third-order valence-corrected chi connectivity index (χ3v) is 7.55. The number of rotatable bonds is 26. The second-order valence-corrected chi connectivity index (χ2v) is 11.4. The van der Waals surface area contributed by atoms with Gasteiger partial charge in [0.25, 0.3) is 0 Å². The summed E-state index contributed by atoms with van der Waals surface area (Å²) < 4.78 is 12.4. The first-order chi connectivity index (χ1) is 19.8. The second kappa shape index (κ2) is 24.5. The fourth-order valence-corrected chi connectivity index (χ4v) is 5.06. The molecule has 0 unspecified atom stereocenters. The summed E-state index contributed by atoms with van der Waals surface area (Å²) in [7, 11) is 0. The number of ether oxygens (including phenoxy) is 2. The van der Waals surface area contributed by atoms with E-state index in [1.165, 1.54) is 116 Å². The number of hydrogen-bond donors (Lipinski definition) is 0. The first-order valence-electron chi connectivity index (χ1n) is 16.8. The van der Waals surface area contributed by atoms with Crippen LogP contribution in [0, 0.1) is 0 Å². The van der Waals surface area contributed by atoms with Crippen molar-refractivity contribution in [3.05, 3.63) is 54.1 Å². The molecule has 0 bridgehead atoms. The minimum Gasteiger partial charge on any atom is -0.493 e. The zero-order valence-electron chi connectivity index (χ0n) is 26.0. The van der Waals surface area contributed by atoms with Crippen LogP contribution in [0.1, 0.15) is 148 Å². The van der Waals surface area contributed by atoms with Gasteiger partial charge in [0.1, 0.15) is 11.5 Å². The SMILES string of the molecule is CCCCCCCCCCCCOc1cc(C=Nc2ccccc2)cc(OCCCCCCCCCCCC)c1. The number of nitrogens with zero attached hydrogens (tertiary/aromatic N) is 1. The molecule has 2 aromatic rings. The summed E-state index contributed by atoms with van der Waals surface area (Å²) in [5.74, 6) is 1.76. The van der Waals surface area contributed by atoms with Crippen molar-refractivity contribution in [2.45, 2.75) is 142 Å². The summed E-state index contributed by atoms with van der Waals surface area (Å²) in [5.41, 5.74) is 1.97. The third kappa shape index (κ3) is 18.1. The third-order valence-electron chi connectivity index (χ3n) is 7.55. The lowest BCUT2D eigenvalue weighted by Crippen LogP contribution is -2.01. The number of benzene rings is 2. The first-order valence-corrected chi connectivity index (χ1v) is 16.8. The van der Waals surface area contributed by atoms with Crippen molar-refractivity contribution >= 4 is 11.9 Å². The lowest BCUT2D eigenvalue weighted by atomic mass is 10.1. The van der Waals surface area contributed by atoms with Crippen LogP contribution < -0.4 is 9.47 Å². The van der Waals surface area contributed by atoms with E-state index in [0.717, 1.165) is 48.8 Å². The normalized spacial score (nSPS) is 11.3. The Morgan fingerprint density at radius 3 is 1.32 bits per heavy atom. The highest BCUT2D eigenvalue weighted by molar-refractivity contribution is 5.83. The van der Waals surface area contributed by atoms with Crippen LogP contribution >= 0.6 is 0 Å².